The zero-order valence-electron chi connectivity index (χ0n) is 12.0. The monoisotopic (exact) mass is 266 g/mol. The second kappa shape index (κ2) is 5.68. The first kappa shape index (κ1) is 13.2. The van der Waals surface area contributed by atoms with Crippen molar-refractivity contribution in [3.8, 4) is 0 Å². The molecule has 2 N–H and O–H groups in total. The highest BCUT2D eigenvalue weighted by atomic mass is 15.1. The standard InChI is InChI=1S/C18H22N2/c1-14-11-15(7-8-18(14)19)12-20-10-9-17(13-20)16-5-3-2-4-6-16/h2-8,11,17H,9-10,12-13,19H2,1H3. The number of benzene rings is 2. The topological polar surface area (TPSA) is 29.3 Å². The minimum atomic E-state index is 0.686. The predicted molar refractivity (Wildman–Crippen MR) is 84.7 cm³/mol. The maximum absolute atomic E-state index is 5.88. The number of anilines is 1. The van der Waals surface area contributed by atoms with Gasteiger partial charge in [-0.2, -0.15) is 0 Å². The summed E-state index contributed by atoms with van der Waals surface area (Å²) < 4.78 is 0. The van der Waals surface area contributed by atoms with E-state index >= 15 is 0 Å². The molecule has 1 heterocycles. The molecule has 0 aliphatic carbocycles. The highest BCUT2D eigenvalue weighted by Crippen LogP contribution is 2.28. The lowest BCUT2D eigenvalue weighted by Crippen LogP contribution is -2.19. The third-order valence-corrected chi connectivity index (χ3v) is 4.28. The summed E-state index contributed by atoms with van der Waals surface area (Å²) in [6.07, 6.45) is 1.26. The molecule has 0 bridgehead atoms. The minimum absolute atomic E-state index is 0.686. The van der Waals surface area contributed by atoms with Crippen molar-refractivity contribution in [2.45, 2.75) is 25.8 Å². The largest absolute Gasteiger partial charge is 0.399 e. The van der Waals surface area contributed by atoms with Gasteiger partial charge in [-0.3, -0.25) is 4.90 Å². The van der Waals surface area contributed by atoms with E-state index in [0.29, 0.717) is 5.92 Å². The second-order valence-corrected chi connectivity index (χ2v) is 5.82. The molecule has 1 unspecified atom stereocenters. The molecule has 3 rings (SSSR count). The van der Waals surface area contributed by atoms with Crippen LogP contribution in [0.1, 0.15) is 29.0 Å². The lowest BCUT2D eigenvalue weighted by atomic mass is 9.99. The number of nitrogens with zero attached hydrogens (tertiary/aromatic N) is 1. The molecule has 1 fully saturated rings. The maximum Gasteiger partial charge on any atom is 0.0343 e. The van der Waals surface area contributed by atoms with Crippen LogP contribution in [-0.4, -0.2) is 18.0 Å². The second-order valence-electron chi connectivity index (χ2n) is 5.82. The molecule has 0 aromatic heterocycles. The van der Waals surface area contributed by atoms with Gasteiger partial charge in [0.25, 0.3) is 0 Å². The van der Waals surface area contributed by atoms with Gasteiger partial charge in [0.1, 0.15) is 0 Å². The molecule has 1 atom stereocenters. The predicted octanol–water partition coefficient (Wildman–Crippen LogP) is 3.57. The molecule has 20 heavy (non-hydrogen) atoms. The van der Waals surface area contributed by atoms with Crippen LogP contribution in [0.5, 0.6) is 0 Å². The number of nitrogen functional groups attached to an aromatic ring is 1. The van der Waals surface area contributed by atoms with Gasteiger partial charge in [-0.05, 0) is 48.6 Å². The molecule has 0 saturated carbocycles. The van der Waals surface area contributed by atoms with Crippen LogP contribution >= 0.6 is 0 Å². The summed E-state index contributed by atoms with van der Waals surface area (Å²) in [7, 11) is 0. The third kappa shape index (κ3) is 2.86. The summed E-state index contributed by atoms with van der Waals surface area (Å²) >= 11 is 0. The summed E-state index contributed by atoms with van der Waals surface area (Å²) in [5.41, 5.74) is 10.8. The molecule has 104 valence electrons. The van der Waals surface area contributed by atoms with Crippen molar-refractivity contribution in [2.75, 3.05) is 18.8 Å². The average molecular weight is 266 g/mol. The van der Waals surface area contributed by atoms with E-state index in [0.717, 1.165) is 18.8 Å². The van der Waals surface area contributed by atoms with Gasteiger partial charge >= 0.3 is 0 Å². The Kier molecular flexibility index (Phi) is 3.75. The van der Waals surface area contributed by atoms with Crippen LogP contribution in [0.25, 0.3) is 0 Å². The van der Waals surface area contributed by atoms with Crippen molar-refractivity contribution in [1.82, 2.24) is 4.90 Å². The van der Waals surface area contributed by atoms with Gasteiger partial charge in [-0.1, -0.05) is 42.5 Å². The van der Waals surface area contributed by atoms with Gasteiger partial charge in [-0.15, -0.1) is 0 Å². The number of hydrogen-bond donors (Lipinski definition) is 1. The van der Waals surface area contributed by atoms with Gasteiger partial charge in [0, 0.05) is 18.8 Å². The molecule has 1 saturated heterocycles. The Hall–Kier alpha value is -1.80. The van der Waals surface area contributed by atoms with Crippen LogP contribution in [0.15, 0.2) is 48.5 Å². The van der Waals surface area contributed by atoms with Crippen molar-refractivity contribution >= 4 is 5.69 Å². The summed E-state index contributed by atoms with van der Waals surface area (Å²) in [6, 6.07) is 17.3. The zero-order chi connectivity index (χ0) is 13.9. The summed E-state index contributed by atoms with van der Waals surface area (Å²) in [5.74, 6) is 0.686. The Morgan fingerprint density at radius 1 is 1.15 bits per heavy atom. The zero-order valence-corrected chi connectivity index (χ0v) is 12.0. The summed E-state index contributed by atoms with van der Waals surface area (Å²) in [5, 5.41) is 0. The van der Waals surface area contributed by atoms with E-state index in [1.54, 1.807) is 0 Å². The number of nitrogens with two attached hydrogens (primary N) is 1. The van der Waals surface area contributed by atoms with Crippen LogP contribution in [0.2, 0.25) is 0 Å². The molecule has 2 nitrogen and oxygen atoms in total. The number of likely N-dealkylation sites (tertiary alicyclic amines) is 1. The quantitative estimate of drug-likeness (QED) is 0.861. The first-order valence-corrected chi connectivity index (χ1v) is 7.34. The Bertz CT molecular complexity index is 577. The van der Waals surface area contributed by atoms with Crippen LogP contribution in [0, 0.1) is 6.92 Å². The SMILES string of the molecule is Cc1cc(CN2CCC(c3ccccc3)C2)ccc1N. The van der Waals surface area contributed by atoms with E-state index < -0.39 is 0 Å². The van der Waals surface area contributed by atoms with Crippen molar-refractivity contribution in [3.05, 3.63) is 65.2 Å². The fourth-order valence-corrected chi connectivity index (χ4v) is 3.07. The van der Waals surface area contributed by atoms with E-state index in [-0.39, 0.29) is 0 Å². The maximum atomic E-state index is 5.88. The molecular weight excluding hydrogens is 244 g/mol. The van der Waals surface area contributed by atoms with E-state index in [2.05, 4.69) is 54.3 Å². The third-order valence-electron chi connectivity index (χ3n) is 4.28. The molecule has 1 aliphatic rings. The van der Waals surface area contributed by atoms with Crippen molar-refractivity contribution < 1.29 is 0 Å². The van der Waals surface area contributed by atoms with Crippen molar-refractivity contribution in [2.24, 2.45) is 0 Å². The average Bonchev–Trinajstić information content (AvgIpc) is 2.92. The Labute approximate surface area is 121 Å². The number of aryl methyl sites for hydroxylation is 1. The number of rotatable bonds is 3. The van der Waals surface area contributed by atoms with Crippen LogP contribution < -0.4 is 5.73 Å². The molecule has 0 spiro atoms. The molecular formula is C18H22N2. The fraction of sp³-hybridized carbons (Fsp3) is 0.333. The Morgan fingerprint density at radius 3 is 2.70 bits per heavy atom. The van der Waals surface area contributed by atoms with E-state index in [1.807, 2.05) is 6.07 Å². The van der Waals surface area contributed by atoms with Crippen molar-refractivity contribution in [1.29, 1.82) is 0 Å². The smallest absolute Gasteiger partial charge is 0.0343 e. The minimum Gasteiger partial charge on any atom is -0.399 e. The Balaban J connectivity index is 1.64. The van der Waals surface area contributed by atoms with Gasteiger partial charge in [-0.25, -0.2) is 0 Å². The van der Waals surface area contributed by atoms with Crippen LogP contribution in [-0.2, 0) is 6.54 Å². The van der Waals surface area contributed by atoms with Gasteiger partial charge < -0.3 is 5.73 Å². The summed E-state index contributed by atoms with van der Waals surface area (Å²) in [6.45, 7) is 5.45. The molecule has 0 amide bonds. The molecule has 2 heteroatoms. The molecule has 0 radical (unpaired) electrons. The highest BCUT2D eigenvalue weighted by molar-refractivity contribution is 5.47. The highest BCUT2D eigenvalue weighted by Gasteiger charge is 2.23. The lowest BCUT2D eigenvalue weighted by Gasteiger charge is -2.17. The fourth-order valence-electron chi connectivity index (χ4n) is 3.07. The lowest BCUT2D eigenvalue weighted by molar-refractivity contribution is 0.327. The van der Waals surface area contributed by atoms with Gasteiger partial charge in [0.15, 0.2) is 0 Å². The van der Waals surface area contributed by atoms with E-state index in [9.17, 15) is 0 Å². The molecule has 2 aromatic carbocycles. The van der Waals surface area contributed by atoms with Gasteiger partial charge in [0.05, 0.1) is 0 Å². The molecule has 2 aromatic rings. The van der Waals surface area contributed by atoms with E-state index in [1.165, 1.54) is 29.7 Å². The molecule has 1 aliphatic heterocycles. The van der Waals surface area contributed by atoms with E-state index in [4.69, 9.17) is 5.73 Å². The number of hydrogen-bond acceptors (Lipinski definition) is 2. The van der Waals surface area contributed by atoms with Crippen LogP contribution in [0.4, 0.5) is 5.69 Å². The first-order valence-electron chi connectivity index (χ1n) is 7.34. The normalized spacial score (nSPS) is 19.4. The van der Waals surface area contributed by atoms with Crippen molar-refractivity contribution in [3.63, 3.8) is 0 Å². The first-order chi connectivity index (χ1) is 9.72. The summed E-state index contributed by atoms with van der Waals surface area (Å²) in [4.78, 5) is 2.54. The Morgan fingerprint density at radius 2 is 1.95 bits per heavy atom. The van der Waals surface area contributed by atoms with Gasteiger partial charge in [0.2, 0.25) is 0 Å². The van der Waals surface area contributed by atoms with Crippen LogP contribution in [0.3, 0.4) is 0 Å².